The van der Waals surface area contributed by atoms with Crippen molar-refractivity contribution < 1.29 is 14.7 Å². The molecule has 1 aromatic carbocycles. The summed E-state index contributed by atoms with van der Waals surface area (Å²) in [4.78, 5) is 30.1. The van der Waals surface area contributed by atoms with E-state index in [-0.39, 0.29) is 17.3 Å². The molecule has 20 heavy (non-hydrogen) atoms. The highest BCUT2D eigenvalue weighted by atomic mass is 16.4. The first kappa shape index (κ1) is 13.7. The van der Waals surface area contributed by atoms with Crippen molar-refractivity contribution in [2.45, 2.75) is 6.42 Å². The van der Waals surface area contributed by atoms with E-state index in [9.17, 15) is 9.59 Å². The molecule has 1 aromatic heterocycles. The highest BCUT2D eigenvalue weighted by Gasteiger charge is 2.07. The number of benzene rings is 1. The van der Waals surface area contributed by atoms with Gasteiger partial charge in [0.15, 0.2) is 0 Å². The zero-order valence-electron chi connectivity index (χ0n) is 10.6. The third-order valence-corrected chi connectivity index (χ3v) is 2.67. The number of rotatable bonds is 5. The van der Waals surface area contributed by atoms with Gasteiger partial charge in [0.2, 0.25) is 5.82 Å². The highest BCUT2D eigenvalue weighted by molar-refractivity contribution is 5.90. The van der Waals surface area contributed by atoms with E-state index in [1.807, 2.05) is 0 Å². The molecule has 0 radical (unpaired) electrons. The maximum atomic E-state index is 11.7. The minimum absolute atomic E-state index is 0.133. The lowest BCUT2D eigenvalue weighted by atomic mass is 10.1. The summed E-state index contributed by atoms with van der Waals surface area (Å²) in [5.74, 6) is -1.15. The fraction of sp³-hybridized carbons (Fsp3) is 0.143. The van der Waals surface area contributed by atoms with Crippen LogP contribution in [0.3, 0.4) is 0 Å². The van der Waals surface area contributed by atoms with Crippen LogP contribution in [0.1, 0.15) is 26.5 Å². The molecule has 1 amide bonds. The molecule has 0 fully saturated rings. The van der Waals surface area contributed by atoms with Gasteiger partial charge >= 0.3 is 5.97 Å². The normalized spacial score (nSPS) is 10.0. The van der Waals surface area contributed by atoms with Crippen molar-refractivity contribution in [2.24, 2.45) is 0 Å². The number of aromatic nitrogens is 2. The highest BCUT2D eigenvalue weighted by Crippen LogP contribution is 2.04. The second kappa shape index (κ2) is 6.42. The van der Waals surface area contributed by atoms with E-state index in [1.165, 1.54) is 12.4 Å². The molecule has 0 aliphatic heterocycles. The Morgan fingerprint density at radius 3 is 2.35 bits per heavy atom. The fourth-order valence-corrected chi connectivity index (χ4v) is 1.63. The van der Waals surface area contributed by atoms with Gasteiger partial charge in [-0.3, -0.25) is 4.79 Å². The van der Waals surface area contributed by atoms with E-state index in [2.05, 4.69) is 15.3 Å². The number of carbonyl (C=O) groups is 2. The van der Waals surface area contributed by atoms with Gasteiger partial charge in [-0.05, 0) is 30.2 Å². The number of hydrogen-bond donors (Lipinski definition) is 2. The van der Waals surface area contributed by atoms with Gasteiger partial charge in [0.05, 0.1) is 5.56 Å². The largest absolute Gasteiger partial charge is 0.478 e. The van der Waals surface area contributed by atoms with Gasteiger partial charge in [-0.25, -0.2) is 14.8 Å². The number of hydrogen-bond acceptors (Lipinski definition) is 4. The molecule has 0 saturated carbocycles. The Labute approximate surface area is 115 Å². The molecule has 0 bridgehead atoms. The third kappa shape index (κ3) is 3.61. The molecular weight excluding hydrogens is 258 g/mol. The number of aromatic carboxylic acids is 1. The number of carboxylic acid groups (broad SMARTS) is 1. The third-order valence-electron chi connectivity index (χ3n) is 2.67. The number of amides is 1. The van der Waals surface area contributed by atoms with E-state index in [1.54, 1.807) is 30.3 Å². The van der Waals surface area contributed by atoms with E-state index < -0.39 is 5.97 Å². The molecule has 0 spiro atoms. The summed E-state index contributed by atoms with van der Waals surface area (Å²) in [6.45, 7) is 0.434. The van der Waals surface area contributed by atoms with Gasteiger partial charge in [0, 0.05) is 18.9 Å². The fourth-order valence-electron chi connectivity index (χ4n) is 1.63. The van der Waals surface area contributed by atoms with Crippen LogP contribution >= 0.6 is 0 Å². The molecule has 102 valence electrons. The van der Waals surface area contributed by atoms with Crippen molar-refractivity contribution in [3.05, 3.63) is 59.7 Å². The molecule has 0 atom stereocenters. The molecule has 2 aromatic rings. The van der Waals surface area contributed by atoms with Crippen molar-refractivity contribution >= 4 is 11.9 Å². The molecule has 6 nitrogen and oxygen atoms in total. The summed E-state index contributed by atoms with van der Waals surface area (Å²) in [6, 6.07) is 8.18. The van der Waals surface area contributed by atoms with E-state index in [4.69, 9.17) is 5.11 Å². The Balaban J connectivity index is 1.84. The summed E-state index contributed by atoms with van der Waals surface area (Å²) >= 11 is 0. The van der Waals surface area contributed by atoms with Crippen LogP contribution < -0.4 is 5.32 Å². The maximum absolute atomic E-state index is 11.7. The Morgan fingerprint density at radius 1 is 1.10 bits per heavy atom. The van der Waals surface area contributed by atoms with E-state index >= 15 is 0 Å². The van der Waals surface area contributed by atoms with Crippen LogP contribution in [0.15, 0.2) is 42.7 Å². The number of carbonyl (C=O) groups excluding carboxylic acids is 1. The van der Waals surface area contributed by atoms with Crippen molar-refractivity contribution in [2.75, 3.05) is 6.54 Å². The predicted octanol–water partition coefficient (Wildman–Crippen LogP) is 1.15. The Bertz CT molecular complexity index is 597. The lowest BCUT2D eigenvalue weighted by Gasteiger charge is -2.04. The van der Waals surface area contributed by atoms with Gasteiger partial charge in [-0.15, -0.1) is 0 Å². The Hall–Kier alpha value is -2.76. The van der Waals surface area contributed by atoms with Crippen LogP contribution in [0.5, 0.6) is 0 Å². The molecule has 2 rings (SSSR count). The quantitative estimate of drug-likeness (QED) is 0.851. The minimum Gasteiger partial charge on any atom is -0.478 e. The maximum Gasteiger partial charge on any atom is 0.335 e. The number of nitrogens with one attached hydrogen (secondary N) is 1. The molecule has 0 saturated heterocycles. The molecule has 0 unspecified atom stereocenters. The van der Waals surface area contributed by atoms with Crippen molar-refractivity contribution in [1.29, 1.82) is 0 Å². The topological polar surface area (TPSA) is 92.2 Å². The van der Waals surface area contributed by atoms with Crippen LogP contribution in [0, 0.1) is 0 Å². The van der Waals surface area contributed by atoms with Crippen molar-refractivity contribution in [3.8, 4) is 0 Å². The summed E-state index contributed by atoms with van der Waals surface area (Å²) in [7, 11) is 0. The summed E-state index contributed by atoms with van der Waals surface area (Å²) in [5, 5.41) is 11.5. The van der Waals surface area contributed by atoms with Gasteiger partial charge in [0.25, 0.3) is 5.91 Å². The zero-order valence-corrected chi connectivity index (χ0v) is 10.6. The van der Waals surface area contributed by atoms with Crippen LogP contribution in [-0.2, 0) is 6.42 Å². The average Bonchev–Trinajstić information content (AvgIpc) is 2.48. The van der Waals surface area contributed by atoms with Crippen LogP contribution in [0.4, 0.5) is 0 Å². The number of carboxylic acids is 1. The van der Waals surface area contributed by atoms with Crippen LogP contribution in [-0.4, -0.2) is 33.5 Å². The van der Waals surface area contributed by atoms with Crippen LogP contribution in [0.2, 0.25) is 0 Å². The second-order valence-electron chi connectivity index (χ2n) is 4.08. The molecule has 0 aliphatic carbocycles. The lowest BCUT2D eigenvalue weighted by Crippen LogP contribution is -2.27. The molecule has 6 heteroatoms. The van der Waals surface area contributed by atoms with Gasteiger partial charge < -0.3 is 10.4 Å². The standard InChI is InChI=1S/C14H13N3O3/c18-13(12-15-7-1-8-16-12)17-9-6-10-2-4-11(5-3-10)14(19)20/h1-5,7-8H,6,9H2,(H,17,18)(H,19,20). The molecular formula is C14H13N3O3. The Morgan fingerprint density at radius 2 is 1.75 bits per heavy atom. The van der Waals surface area contributed by atoms with Crippen molar-refractivity contribution in [3.63, 3.8) is 0 Å². The first-order chi connectivity index (χ1) is 9.66. The summed E-state index contributed by atoms with van der Waals surface area (Å²) in [6.07, 6.45) is 3.62. The molecule has 0 aliphatic rings. The van der Waals surface area contributed by atoms with Crippen molar-refractivity contribution in [1.82, 2.24) is 15.3 Å². The average molecular weight is 271 g/mol. The first-order valence-electron chi connectivity index (χ1n) is 6.04. The molecule has 2 N–H and O–H groups in total. The smallest absolute Gasteiger partial charge is 0.335 e. The van der Waals surface area contributed by atoms with Gasteiger partial charge in [-0.2, -0.15) is 0 Å². The number of nitrogens with zero attached hydrogens (tertiary/aromatic N) is 2. The predicted molar refractivity (Wildman–Crippen MR) is 71.5 cm³/mol. The summed E-state index contributed by atoms with van der Waals surface area (Å²) < 4.78 is 0. The zero-order chi connectivity index (χ0) is 14.4. The van der Waals surface area contributed by atoms with E-state index in [0.717, 1.165) is 5.56 Å². The molecule has 1 heterocycles. The van der Waals surface area contributed by atoms with Crippen LogP contribution in [0.25, 0.3) is 0 Å². The Kier molecular flexibility index (Phi) is 4.39. The monoisotopic (exact) mass is 271 g/mol. The van der Waals surface area contributed by atoms with Gasteiger partial charge in [0.1, 0.15) is 0 Å². The first-order valence-corrected chi connectivity index (χ1v) is 6.04. The van der Waals surface area contributed by atoms with E-state index in [0.29, 0.717) is 13.0 Å². The summed E-state index contributed by atoms with van der Waals surface area (Å²) in [5.41, 5.74) is 1.19. The lowest BCUT2D eigenvalue weighted by molar-refractivity contribution is 0.0696. The minimum atomic E-state index is -0.953. The van der Waals surface area contributed by atoms with Gasteiger partial charge in [-0.1, -0.05) is 12.1 Å². The SMILES string of the molecule is O=C(O)c1ccc(CCNC(=O)c2ncccn2)cc1. The second-order valence-corrected chi connectivity index (χ2v) is 4.08.